The molecule has 0 fully saturated rings. The topological polar surface area (TPSA) is 40.5 Å². The third kappa shape index (κ3) is 33.5. The van der Waals surface area contributed by atoms with Gasteiger partial charge in [0, 0.05) is 13.2 Å². The van der Waals surface area contributed by atoms with E-state index in [4.69, 9.17) is 10.2 Å². The zero-order valence-electron chi connectivity index (χ0n) is 19.9. The van der Waals surface area contributed by atoms with Crippen LogP contribution in [0.1, 0.15) is 155 Å². The van der Waals surface area contributed by atoms with E-state index in [1.807, 2.05) is 0 Å². The largest absolute Gasteiger partial charge is 0.396 e. The highest BCUT2D eigenvalue weighted by atomic mass is 16.3. The second-order valence-corrected chi connectivity index (χ2v) is 8.52. The molecule has 0 aromatic rings. The molecule has 172 valence electrons. The number of rotatable bonds is 22. The Labute approximate surface area is 178 Å². The molecule has 0 atom stereocenters. The van der Waals surface area contributed by atoms with Crippen LogP contribution in [-0.2, 0) is 0 Å². The van der Waals surface area contributed by atoms with Crippen molar-refractivity contribution in [3.63, 3.8) is 0 Å². The molecule has 0 bridgehead atoms. The van der Waals surface area contributed by atoms with Crippen LogP contribution in [-0.4, -0.2) is 23.4 Å². The fourth-order valence-corrected chi connectivity index (χ4v) is 3.55. The highest BCUT2D eigenvalue weighted by Gasteiger charge is 1.93. The Morgan fingerprint density at radius 3 is 0.643 bits per heavy atom. The van der Waals surface area contributed by atoms with Gasteiger partial charge in [-0.05, 0) is 12.8 Å². The molecular weight excluding hydrogens is 344 g/mol. The highest BCUT2D eigenvalue weighted by molar-refractivity contribution is 4.49. The maximum absolute atomic E-state index is 8.64. The van der Waals surface area contributed by atoms with Gasteiger partial charge in [-0.2, -0.15) is 0 Å². The van der Waals surface area contributed by atoms with E-state index in [1.54, 1.807) is 0 Å². The minimum Gasteiger partial charge on any atom is -0.396 e. The van der Waals surface area contributed by atoms with Crippen molar-refractivity contribution >= 4 is 0 Å². The Hall–Kier alpha value is -0.0800. The fraction of sp³-hybridized carbons (Fsp3) is 1.00. The van der Waals surface area contributed by atoms with Gasteiger partial charge in [0.2, 0.25) is 0 Å². The number of unbranched alkanes of at least 4 members (excludes halogenated alkanes) is 20. The average Bonchev–Trinajstić information content (AvgIpc) is 2.71. The van der Waals surface area contributed by atoms with Gasteiger partial charge in [-0.3, -0.25) is 0 Å². The SMILES string of the molecule is CCCCCCCCCCCCCCCCO.CCCCCCCCCCO. The fourth-order valence-electron chi connectivity index (χ4n) is 3.55. The molecule has 0 heterocycles. The summed E-state index contributed by atoms with van der Waals surface area (Å²) in [5, 5.41) is 17.2. The number of aliphatic hydroxyl groups is 2. The van der Waals surface area contributed by atoms with Crippen molar-refractivity contribution in [1.82, 2.24) is 0 Å². The van der Waals surface area contributed by atoms with Crippen LogP contribution in [0.3, 0.4) is 0 Å². The van der Waals surface area contributed by atoms with Gasteiger partial charge in [-0.1, -0.05) is 142 Å². The first-order valence-electron chi connectivity index (χ1n) is 13.0. The van der Waals surface area contributed by atoms with E-state index in [9.17, 15) is 0 Å². The predicted octanol–water partition coefficient (Wildman–Crippen LogP) is 8.58. The summed E-state index contributed by atoms with van der Waals surface area (Å²) in [5.41, 5.74) is 0. The molecule has 2 heteroatoms. The Bertz CT molecular complexity index is 208. The van der Waals surface area contributed by atoms with Crippen molar-refractivity contribution in [3.05, 3.63) is 0 Å². The number of aliphatic hydroxyl groups excluding tert-OH is 2. The van der Waals surface area contributed by atoms with Crippen LogP contribution in [0.5, 0.6) is 0 Å². The van der Waals surface area contributed by atoms with Crippen molar-refractivity contribution < 1.29 is 10.2 Å². The maximum Gasteiger partial charge on any atom is 0.0431 e. The summed E-state index contributed by atoms with van der Waals surface area (Å²) in [7, 11) is 0. The zero-order chi connectivity index (χ0) is 21.0. The van der Waals surface area contributed by atoms with E-state index in [0.29, 0.717) is 13.2 Å². The molecule has 0 radical (unpaired) electrons. The summed E-state index contributed by atoms with van der Waals surface area (Å²) in [6, 6.07) is 0. The normalized spacial score (nSPS) is 10.7. The zero-order valence-corrected chi connectivity index (χ0v) is 19.9. The molecule has 0 rings (SSSR count). The molecule has 0 unspecified atom stereocenters. The molecule has 0 spiro atoms. The standard InChI is InChI=1S/C16H34O.C10H22O/c1-2-3-4-5-6-7-8-9-10-11-12-13-14-15-16-17;1-2-3-4-5-6-7-8-9-10-11/h17H,2-16H2,1H3;11H,2-10H2,1H3. The van der Waals surface area contributed by atoms with Crippen molar-refractivity contribution in [2.24, 2.45) is 0 Å². The van der Waals surface area contributed by atoms with E-state index in [0.717, 1.165) is 12.8 Å². The molecule has 2 nitrogen and oxygen atoms in total. The van der Waals surface area contributed by atoms with Crippen LogP contribution >= 0.6 is 0 Å². The lowest BCUT2D eigenvalue weighted by Crippen LogP contribution is -1.84. The Morgan fingerprint density at radius 2 is 0.464 bits per heavy atom. The first kappa shape index (κ1) is 30.1. The minimum absolute atomic E-state index is 0.370. The Morgan fingerprint density at radius 1 is 0.286 bits per heavy atom. The quantitative estimate of drug-likeness (QED) is 0.179. The molecule has 28 heavy (non-hydrogen) atoms. The summed E-state index contributed by atoms with van der Waals surface area (Å²) >= 11 is 0. The van der Waals surface area contributed by atoms with Gasteiger partial charge < -0.3 is 10.2 Å². The molecule has 0 amide bonds. The first-order chi connectivity index (χ1) is 13.8. The third-order valence-corrected chi connectivity index (χ3v) is 5.52. The van der Waals surface area contributed by atoms with Crippen LogP contribution in [0.15, 0.2) is 0 Å². The van der Waals surface area contributed by atoms with Crippen LogP contribution in [0.2, 0.25) is 0 Å². The maximum atomic E-state index is 8.64. The molecule has 0 aromatic heterocycles. The summed E-state index contributed by atoms with van der Waals surface area (Å²) in [6.45, 7) is 5.26. The third-order valence-electron chi connectivity index (χ3n) is 5.52. The van der Waals surface area contributed by atoms with E-state index in [1.165, 1.54) is 128 Å². The summed E-state index contributed by atoms with van der Waals surface area (Å²) in [6.07, 6.45) is 29.6. The average molecular weight is 401 g/mol. The van der Waals surface area contributed by atoms with E-state index in [-0.39, 0.29) is 0 Å². The lowest BCUT2D eigenvalue weighted by molar-refractivity contribution is 0.282. The Kier molecular flexibility index (Phi) is 34.0. The summed E-state index contributed by atoms with van der Waals surface area (Å²) in [4.78, 5) is 0. The molecular formula is C26H56O2. The van der Waals surface area contributed by atoms with Gasteiger partial charge in [-0.15, -0.1) is 0 Å². The van der Waals surface area contributed by atoms with Gasteiger partial charge in [-0.25, -0.2) is 0 Å². The van der Waals surface area contributed by atoms with Gasteiger partial charge in [0.25, 0.3) is 0 Å². The minimum atomic E-state index is 0.370. The van der Waals surface area contributed by atoms with Crippen LogP contribution in [0.4, 0.5) is 0 Å². The molecule has 0 aliphatic rings. The van der Waals surface area contributed by atoms with E-state index in [2.05, 4.69) is 13.8 Å². The van der Waals surface area contributed by atoms with Gasteiger partial charge in [0.1, 0.15) is 0 Å². The number of hydrogen-bond acceptors (Lipinski definition) is 2. The van der Waals surface area contributed by atoms with Crippen LogP contribution in [0.25, 0.3) is 0 Å². The molecule has 0 aromatic carbocycles. The smallest absolute Gasteiger partial charge is 0.0431 e. The Balaban J connectivity index is 0. The van der Waals surface area contributed by atoms with E-state index >= 15 is 0 Å². The van der Waals surface area contributed by atoms with Crippen molar-refractivity contribution in [2.75, 3.05) is 13.2 Å². The second-order valence-electron chi connectivity index (χ2n) is 8.52. The van der Waals surface area contributed by atoms with Crippen LogP contribution in [0, 0.1) is 0 Å². The monoisotopic (exact) mass is 400 g/mol. The first-order valence-corrected chi connectivity index (χ1v) is 13.0. The van der Waals surface area contributed by atoms with Crippen LogP contribution < -0.4 is 0 Å². The second kappa shape index (κ2) is 31.6. The molecule has 0 aliphatic heterocycles. The lowest BCUT2D eigenvalue weighted by atomic mass is 10.0. The molecule has 0 saturated carbocycles. The predicted molar refractivity (Wildman–Crippen MR) is 127 cm³/mol. The molecule has 2 N–H and O–H groups in total. The van der Waals surface area contributed by atoms with Crippen molar-refractivity contribution in [3.8, 4) is 0 Å². The van der Waals surface area contributed by atoms with Gasteiger partial charge >= 0.3 is 0 Å². The van der Waals surface area contributed by atoms with Crippen molar-refractivity contribution in [1.29, 1.82) is 0 Å². The molecule has 0 aliphatic carbocycles. The van der Waals surface area contributed by atoms with Gasteiger partial charge in [0.15, 0.2) is 0 Å². The summed E-state index contributed by atoms with van der Waals surface area (Å²) in [5.74, 6) is 0. The van der Waals surface area contributed by atoms with E-state index < -0.39 is 0 Å². The number of hydrogen-bond donors (Lipinski definition) is 2. The summed E-state index contributed by atoms with van der Waals surface area (Å²) < 4.78 is 0. The van der Waals surface area contributed by atoms with Gasteiger partial charge in [0.05, 0.1) is 0 Å². The lowest BCUT2D eigenvalue weighted by Gasteiger charge is -2.02. The van der Waals surface area contributed by atoms with Crippen molar-refractivity contribution in [2.45, 2.75) is 155 Å². The highest BCUT2D eigenvalue weighted by Crippen LogP contribution is 2.12. The molecule has 0 saturated heterocycles.